The van der Waals surface area contributed by atoms with E-state index < -0.39 is 0 Å². The molecule has 3 aliphatic rings. The SMILES string of the molecule is Cc1cc2c3c(c1)N(c1ccc(C(C)(C)C)cc1)c1cc(N(c4ccccc4)c4ccccc4-c4ccccc4)ccc1B3c1cc(C(C)(C)C)ccc1N2c1ccc2c(c1)C(C)(C)c1ccccc1-2. The monoisotopic (exact) mass is 905 g/mol. The van der Waals surface area contributed by atoms with Crippen LogP contribution in [-0.2, 0) is 16.2 Å². The fourth-order valence-corrected chi connectivity index (χ4v) is 11.8. The van der Waals surface area contributed by atoms with Gasteiger partial charge in [-0.3, -0.25) is 0 Å². The van der Waals surface area contributed by atoms with E-state index >= 15 is 0 Å². The van der Waals surface area contributed by atoms with Crippen molar-refractivity contribution in [2.45, 2.75) is 78.6 Å². The van der Waals surface area contributed by atoms with Crippen molar-refractivity contribution < 1.29 is 0 Å². The molecule has 342 valence electrons. The zero-order valence-electron chi connectivity index (χ0n) is 42.0. The summed E-state index contributed by atoms with van der Waals surface area (Å²) in [6, 6.07) is 75.5. The molecule has 0 radical (unpaired) electrons. The lowest BCUT2D eigenvalue weighted by Crippen LogP contribution is -2.61. The maximum absolute atomic E-state index is 2.58. The lowest BCUT2D eigenvalue weighted by Gasteiger charge is -2.45. The first-order chi connectivity index (χ1) is 33.7. The molecule has 2 aliphatic heterocycles. The quantitative estimate of drug-likeness (QED) is 0.154. The van der Waals surface area contributed by atoms with Crippen LogP contribution in [0.3, 0.4) is 0 Å². The zero-order valence-corrected chi connectivity index (χ0v) is 42.0. The number of para-hydroxylation sites is 2. The summed E-state index contributed by atoms with van der Waals surface area (Å²) in [6.07, 6.45) is 0. The summed E-state index contributed by atoms with van der Waals surface area (Å²) in [5, 5.41) is 0. The smallest absolute Gasteiger partial charge is 0.252 e. The molecule has 0 fully saturated rings. The summed E-state index contributed by atoms with van der Waals surface area (Å²) in [6.45, 7) is 20.9. The lowest BCUT2D eigenvalue weighted by atomic mass is 9.33. The van der Waals surface area contributed by atoms with Gasteiger partial charge in [0.2, 0.25) is 0 Å². The Balaban J connectivity index is 1.13. The summed E-state index contributed by atoms with van der Waals surface area (Å²) < 4.78 is 0. The van der Waals surface area contributed by atoms with Crippen molar-refractivity contribution in [2.24, 2.45) is 0 Å². The number of hydrogen-bond acceptors (Lipinski definition) is 3. The minimum atomic E-state index is -0.132. The van der Waals surface area contributed by atoms with E-state index in [1.807, 2.05) is 0 Å². The van der Waals surface area contributed by atoms with Crippen molar-refractivity contribution in [3.8, 4) is 22.3 Å². The molecule has 0 amide bonds. The molecule has 0 saturated heterocycles. The second-order valence-electron chi connectivity index (χ2n) is 22.3. The third-order valence-electron chi connectivity index (χ3n) is 15.4. The Kier molecular flexibility index (Phi) is 9.99. The van der Waals surface area contributed by atoms with Crippen LogP contribution < -0.4 is 31.1 Å². The van der Waals surface area contributed by atoms with Crippen molar-refractivity contribution in [1.29, 1.82) is 0 Å². The van der Waals surface area contributed by atoms with E-state index in [9.17, 15) is 0 Å². The minimum absolute atomic E-state index is 0.0161. The Morgan fingerprint density at radius 3 is 1.71 bits per heavy atom. The van der Waals surface area contributed by atoms with Crippen LogP contribution in [0.25, 0.3) is 22.3 Å². The second kappa shape index (κ2) is 16.0. The predicted octanol–water partition coefficient (Wildman–Crippen LogP) is 16.1. The maximum Gasteiger partial charge on any atom is 0.252 e. The Bertz CT molecular complexity index is 3500. The summed E-state index contributed by atoms with van der Waals surface area (Å²) in [5.41, 5.74) is 26.0. The van der Waals surface area contributed by atoms with Crippen molar-refractivity contribution >= 4 is 74.3 Å². The second-order valence-corrected chi connectivity index (χ2v) is 22.3. The van der Waals surface area contributed by atoms with Gasteiger partial charge in [-0.25, -0.2) is 0 Å². The van der Waals surface area contributed by atoms with E-state index in [2.05, 4.69) is 277 Å². The van der Waals surface area contributed by atoms with E-state index in [0.717, 1.165) is 22.7 Å². The van der Waals surface area contributed by atoms with Gasteiger partial charge in [0.05, 0.1) is 5.69 Å². The molecule has 9 aromatic rings. The van der Waals surface area contributed by atoms with Crippen molar-refractivity contribution in [2.75, 3.05) is 14.7 Å². The number of nitrogens with zero attached hydrogens (tertiary/aromatic N) is 3. The molecule has 1 aliphatic carbocycles. The van der Waals surface area contributed by atoms with E-state index in [4.69, 9.17) is 0 Å². The average Bonchev–Trinajstić information content (AvgIpc) is 3.59. The van der Waals surface area contributed by atoms with Gasteiger partial charge in [-0.05, 0) is 151 Å². The number of fused-ring (bicyclic) bond motifs is 7. The standard InChI is InChI=1S/C66H60BN3/c1-43-38-61-63-62(39-43)70(49-33-35-53-52-25-16-18-26-54(52)66(8,9)55(53)41-49)59-37-30-46(65(5,6)7)40-57(59)67(63)56-36-34-50(42-60(56)69(61)48-31-28-45(29-32-48)64(2,3)4)68(47-22-14-11-15-23-47)58-27-19-17-24-51(58)44-20-12-10-13-21-44/h10-42H,1-9H3. The zero-order chi connectivity index (χ0) is 48.3. The maximum atomic E-state index is 2.58. The van der Waals surface area contributed by atoms with Crippen molar-refractivity contribution in [3.05, 3.63) is 228 Å². The van der Waals surface area contributed by atoms with Crippen molar-refractivity contribution in [3.63, 3.8) is 0 Å². The summed E-state index contributed by atoms with van der Waals surface area (Å²) >= 11 is 0. The predicted molar refractivity (Wildman–Crippen MR) is 300 cm³/mol. The van der Waals surface area contributed by atoms with E-state index in [1.54, 1.807) is 0 Å². The highest BCUT2D eigenvalue weighted by Gasteiger charge is 2.45. The molecule has 0 bridgehead atoms. The van der Waals surface area contributed by atoms with E-state index in [0.29, 0.717) is 0 Å². The van der Waals surface area contributed by atoms with Crippen LogP contribution in [-0.4, -0.2) is 6.71 Å². The molecule has 2 heterocycles. The molecule has 0 aromatic heterocycles. The molecule has 0 unspecified atom stereocenters. The van der Waals surface area contributed by atoms with Gasteiger partial charge in [-0.2, -0.15) is 0 Å². The van der Waals surface area contributed by atoms with Crippen LogP contribution in [0.1, 0.15) is 83.2 Å². The van der Waals surface area contributed by atoms with Crippen LogP contribution in [0.4, 0.5) is 51.2 Å². The van der Waals surface area contributed by atoms with Gasteiger partial charge in [-0.15, -0.1) is 0 Å². The van der Waals surface area contributed by atoms with Crippen LogP contribution >= 0.6 is 0 Å². The molecule has 4 heteroatoms. The van der Waals surface area contributed by atoms with Crippen molar-refractivity contribution in [1.82, 2.24) is 0 Å². The molecule has 0 saturated carbocycles. The van der Waals surface area contributed by atoms with Crippen LogP contribution in [0.15, 0.2) is 200 Å². The van der Waals surface area contributed by atoms with Crippen LogP contribution in [0.5, 0.6) is 0 Å². The van der Waals surface area contributed by atoms with Gasteiger partial charge < -0.3 is 14.7 Å². The number of aryl methyl sites for hydroxylation is 1. The molecular weight excluding hydrogens is 846 g/mol. The molecule has 0 spiro atoms. The third-order valence-corrected chi connectivity index (χ3v) is 15.4. The summed E-state index contributed by atoms with van der Waals surface area (Å²) in [4.78, 5) is 7.60. The Morgan fingerprint density at radius 1 is 0.429 bits per heavy atom. The number of benzene rings is 9. The Labute approximate surface area is 415 Å². The largest absolute Gasteiger partial charge is 0.311 e. The highest BCUT2D eigenvalue weighted by molar-refractivity contribution is 7.00. The molecule has 12 rings (SSSR count). The van der Waals surface area contributed by atoms with Gasteiger partial charge in [0, 0.05) is 56.5 Å². The first-order valence-corrected chi connectivity index (χ1v) is 25.0. The van der Waals surface area contributed by atoms with E-state index in [1.165, 1.54) is 94.9 Å². The van der Waals surface area contributed by atoms with Gasteiger partial charge in [0.15, 0.2) is 0 Å². The first-order valence-electron chi connectivity index (χ1n) is 25.0. The summed E-state index contributed by atoms with van der Waals surface area (Å²) in [7, 11) is 0. The number of rotatable bonds is 6. The fraction of sp³-hybridized carbons (Fsp3) is 0.182. The van der Waals surface area contributed by atoms with Crippen LogP contribution in [0.2, 0.25) is 0 Å². The molecule has 70 heavy (non-hydrogen) atoms. The molecular formula is C66H60BN3. The van der Waals surface area contributed by atoms with E-state index in [-0.39, 0.29) is 23.0 Å². The number of anilines is 9. The molecule has 0 atom stereocenters. The topological polar surface area (TPSA) is 9.72 Å². The first kappa shape index (κ1) is 43.7. The third kappa shape index (κ3) is 6.94. The van der Waals surface area contributed by atoms with Gasteiger partial charge in [-0.1, -0.05) is 183 Å². The normalized spacial score (nSPS) is 14.1. The fourth-order valence-electron chi connectivity index (χ4n) is 11.8. The van der Waals surface area contributed by atoms with Gasteiger partial charge >= 0.3 is 0 Å². The molecule has 3 nitrogen and oxygen atoms in total. The van der Waals surface area contributed by atoms with Crippen LogP contribution in [0, 0.1) is 6.92 Å². The highest BCUT2D eigenvalue weighted by atomic mass is 15.2. The van der Waals surface area contributed by atoms with Gasteiger partial charge in [0.25, 0.3) is 6.71 Å². The Hall–Kier alpha value is -7.56. The highest BCUT2D eigenvalue weighted by Crippen LogP contribution is 2.52. The minimum Gasteiger partial charge on any atom is -0.311 e. The van der Waals surface area contributed by atoms with Gasteiger partial charge in [0.1, 0.15) is 0 Å². The molecule has 0 N–H and O–H groups in total. The number of hydrogen-bond donors (Lipinski definition) is 0. The average molecular weight is 906 g/mol. The Morgan fingerprint density at radius 2 is 1.01 bits per heavy atom. The lowest BCUT2D eigenvalue weighted by molar-refractivity contribution is 0.590. The molecule has 9 aromatic carbocycles. The summed E-state index contributed by atoms with van der Waals surface area (Å²) in [5.74, 6) is 0.